The average Bonchev–Trinajstić information content (AvgIpc) is 2.64. The summed E-state index contributed by atoms with van der Waals surface area (Å²) >= 11 is 0. The number of halogens is 1. The van der Waals surface area contributed by atoms with Gasteiger partial charge in [0.15, 0.2) is 0 Å². The van der Waals surface area contributed by atoms with Gasteiger partial charge in [0.2, 0.25) is 0 Å². The number of morpholine rings is 1. The Morgan fingerprint density at radius 2 is 2.08 bits per heavy atom. The summed E-state index contributed by atoms with van der Waals surface area (Å²) in [7, 11) is 0. The van der Waals surface area contributed by atoms with Crippen molar-refractivity contribution >= 4 is 11.7 Å². The lowest BCUT2D eigenvalue weighted by atomic mass is 10.2. The molecule has 1 atom stereocenters. The molecule has 26 heavy (non-hydrogen) atoms. The van der Waals surface area contributed by atoms with E-state index >= 15 is 0 Å². The molecule has 5 nitrogen and oxygen atoms in total. The maximum atomic E-state index is 13.3. The second-order valence-corrected chi connectivity index (χ2v) is 6.51. The van der Waals surface area contributed by atoms with Crippen molar-refractivity contribution in [2.24, 2.45) is 0 Å². The fraction of sp³-hybridized carbons (Fsp3) is 0.350. The smallest absolute Gasteiger partial charge is 0.319 e. The van der Waals surface area contributed by atoms with Gasteiger partial charge in [-0.15, -0.1) is 0 Å². The number of amides is 2. The second kappa shape index (κ2) is 8.78. The molecule has 2 N–H and O–H groups in total. The van der Waals surface area contributed by atoms with Crippen LogP contribution in [-0.2, 0) is 11.3 Å². The summed E-state index contributed by atoms with van der Waals surface area (Å²) in [5.74, 6) is -0.377. The van der Waals surface area contributed by atoms with Crippen molar-refractivity contribution in [1.29, 1.82) is 0 Å². The molecule has 2 amide bonds. The van der Waals surface area contributed by atoms with Gasteiger partial charge in [0.05, 0.1) is 12.7 Å². The van der Waals surface area contributed by atoms with E-state index in [1.54, 1.807) is 6.07 Å². The Balaban J connectivity index is 1.46. The largest absolute Gasteiger partial charge is 0.374 e. The number of nitrogens with one attached hydrogen (secondary N) is 2. The number of ether oxygens (including phenoxy) is 1. The van der Waals surface area contributed by atoms with Gasteiger partial charge in [-0.05, 0) is 30.2 Å². The van der Waals surface area contributed by atoms with Gasteiger partial charge in [0, 0.05) is 31.9 Å². The number of rotatable bonds is 5. The molecule has 6 heteroatoms. The van der Waals surface area contributed by atoms with Gasteiger partial charge in [-0.3, -0.25) is 4.90 Å². The molecule has 2 aromatic rings. The Bertz CT molecular complexity index is 739. The summed E-state index contributed by atoms with van der Waals surface area (Å²) < 4.78 is 19.0. The van der Waals surface area contributed by atoms with Crippen molar-refractivity contribution in [3.63, 3.8) is 0 Å². The predicted molar refractivity (Wildman–Crippen MR) is 99.6 cm³/mol. The van der Waals surface area contributed by atoms with Crippen molar-refractivity contribution in [3.05, 3.63) is 65.5 Å². The summed E-state index contributed by atoms with van der Waals surface area (Å²) in [6.45, 7) is 5.37. The van der Waals surface area contributed by atoms with E-state index in [9.17, 15) is 9.18 Å². The highest BCUT2D eigenvalue weighted by Crippen LogP contribution is 2.16. The lowest BCUT2D eigenvalue weighted by Gasteiger charge is -2.33. The molecule has 0 saturated carbocycles. The molecule has 1 aliphatic heterocycles. The number of nitrogens with zero attached hydrogens (tertiary/aromatic N) is 1. The Kier molecular flexibility index (Phi) is 6.20. The normalized spacial score (nSPS) is 17.7. The maximum Gasteiger partial charge on any atom is 0.319 e. The van der Waals surface area contributed by atoms with E-state index in [1.165, 1.54) is 17.7 Å². The van der Waals surface area contributed by atoms with Crippen molar-refractivity contribution in [2.45, 2.75) is 19.6 Å². The molecule has 3 rings (SSSR count). The third-order valence-corrected chi connectivity index (χ3v) is 4.41. The van der Waals surface area contributed by atoms with E-state index in [1.807, 2.05) is 25.1 Å². The molecule has 0 bridgehead atoms. The first-order valence-corrected chi connectivity index (χ1v) is 8.79. The number of urea groups is 1. The van der Waals surface area contributed by atoms with E-state index in [2.05, 4.69) is 27.7 Å². The fourth-order valence-corrected chi connectivity index (χ4v) is 2.99. The average molecular weight is 357 g/mol. The molecule has 1 saturated heterocycles. The van der Waals surface area contributed by atoms with Gasteiger partial charge in [0.25, 0.3) is 0 Å². The Labute approximate surface area is 153 Å². The molecule has 0 aliphatic carbocycles. The minimum Gasteiger partial charge on any atom is -0.374 e. The number of hydrogen-bond acceptors (Lipinski definition) is 3. The van der Waals surface area contributed by atoms with Gasteiger partial charge in [0.1, 0.15) is 5.82 Å². The lowest BCUT2D eigenvalue weighted by molar-refractivity contribution is -0.0285. The molecule has 2 aromatic carbocycles. The van der Waals surface area contributed by atoms with Crippen LogP contribution in [0, 0.1) is 12.7 Å². The van der Waals surface area contributed by atoms with Crippen LogP contribution in [0.25, 0.3) is 0 Å². The standard InChI is InChI=1S/C20H24FN3O2/c1-15-7-8-17(21)11-19(15)23-20(25)22-12-18-14-24(9-10-26-18)13-16-5-3-2-4-6-16/h2-8,11,18H,9-10,12-14H2,1H3,(H2,22,23,25). The van der Waals surface area contributed by atoms with E-state index in [4.69, 9.17) is 4.74 Å². The van der Waals surface area contributed by atoms with Crippen molar-refractivity contribution in [1.82, 2.24) is 10.2 Å². The van der Waals surface area contributed by atoms with Crippen LogP contribution in [0.1, 0.15) is 11.1 Å². The fourth-order valence-electron chi connectivity index (χ4n) is 2.99. The molecular formula is C20H24FN3O2. The summed E-state index contributed by atoms with van der Waals surface area (Å²) in [4.78, 5) is 14.4. The van der Waals surface area contributed by atoms with Gasteiger partial charge >= 0.3 is 6.03 Å². The van der Waals surface area contributed by atoms with Crippen LogP contribution in [0.5, 0.6) is 0 Å². The van der Waals surface area contributed by atoms with E-state index in [-0.39, 0.29) is 18.0 Å². The van der Waals surface area contributed by atoms with Gasteiger partial charge in [-0.25, -0.2) is 9.18 Å². The molecule has 0 spiro atoms. The number of anilines is 1. The van der Waals surface area contributed by atoms with Crippen LogP contribution in [0.4, 0.5) is 14.9 Å². The van der Waals surface area contributed by atoms with Crippen molar-refractivity contribution < 1.29 is 13.9 Å². The zero-order valence-corrected chi connectivity index (χ0v) is 14.9. The van der Waals surface area contributed by atoms with E-state index in [0.717, 1.165) is 25.2 Å². The number of hydrogen-bond donors (Lipinski definition) is 2. The first-order chi connectivity index (χ1) is 12.6. The summed E-state index contributed by atoms with van der Waals surface area (Å²) in [5.41, 5.74) is 2.54. The highest BCUT2D eigenvalue weighted by Gasteiger charge is 2.21. The molecule has 1 aliphatic rings. The molecule has 0 radical (unpaired) electrons. The van der Waals surface area contributed by atoms with Crippen LogP contribution >= 0.6 is 0 Å². The highest BCUT2D eigenvalue weighted by molar-refractivity contribution is 5.90. The number of carbonyl (C=O) groups is 1. The van der Waals surface area contributed by atoms with E-state index < -0.39 is 0 Å². The third kappa shape index (κ3) is 5.28. The number of carbonyl (C=O) groups excluding carboxylic acids is 1. The first kappa shape index (κ1) is 18.4. The highest BCUT2D eigenvalue weighted by atomic mass is 19.1. The van der Waals surface area contributed by atoms with Crippen molar-refractivity contribution in [3.8, 4) is 0 Å². The lowest BCUT2D eigenvalue weighted by Crippen LogP contribution is -2.47. The molecule has 1 fully saturated rings. The first-order valence-electron chi connectivity index (χ1n) is 8.79. The summed E-state index contributed by atoms with van der Waals surface area (Å²) in [5, 5.41) is 5.49. The zero-order chi connectivity index (χ0) is 18.4. The van der Waals surface area contributed by atoms with Crippen LogP contribution in [-0.4, -0.2) is 43.3 Å². The van der Waals surface area contributed by atoms with Crippen molar-refractivity contribution in [2.75, 3.05) is 31.6 Å². The minimum atomic E-state index is -0.377. The van der Waals surface area contributed by atoms with Crippen LogP contribution in [0.2, 0.25) is 0 Å². The van der Waals surface area contributed by atoms with Gasteiger partial charge in [-0.2, -0.15) is 0 Å². The minimum absolute atomic E-state index is 0.0631. The summed E-state index contributed by atoms with van der Waals surface area (Å²) in [6, 6.07) is 14.3. The zero-order valence-electron chi connectivity index (χ0n) is 14.9. The monoisotopic (exact) mass is 357 g/mol. The molecular weight excluding hydrogens is 333 g/mol. The quantitative estimate of drug-likeness (QED) is 0.864. The Morgan fingerprint density at radius 1 is 1.27 bits per heavy atom. The second-order valence-electron chi connectivity index (χ2n) is 6.51. The molecule has 1 heterocycles. The molecule has 0 aromatic heterocycles. The maximum absolute atomic E-state index is 13.3. The van der Waals surface area contributed by atoms with Gasteiger partial charge in [-0.1, -0.05) is 36.4 Å². The topological polar surface area (TPSA) is 53.6 Å². The summed E-state index contributed by atoms with van der Waals surface area (Å²) in [6.07, 6.45) is -0.0631. The Hall–Kier alpha value is -2.44. The number of aryl methyl sites for hydroxylation is 1. The Morgan fingerprint density at radius 3 is 2.88 bits per heavy atom. The van der Waals surface area contributed by atoms with Crippen LogP contribution in [0.3, 0.4) is 0 Å². The van der Waals surface area contributed by atoms with Crippen LogP contribution in [0.15, 0.2) is 48.5 Å². The molecule has 1 unspecified atom stereocenters. The molecule has 138 valence electrons. The predicted octanol–water partition coefficient (Wildman–Crippen LogP) is 3.16. The third-order valence-electron chi connectivity index (χ3n) is 4.41. The van der Waals surface area contributed by atoms with E-state index in [0.29, 0.717) is 18.8 Å². The number of benzene rings is 2. The van der Waals surface area contributed by atoms with Crippen LogP contribution < -0.4 is 10.6 Å². The SMILES string of the molecule is Cc1ccc(F)cc1NC(=O)NCC1CN(Cc2ccccc2)CCO1. The van der Waals surface area contributed by atoms with Gasteiger partial charge < -0.3 is 15.4 Å².